The summed E-state index contributed by atoms with van der Waals surface area (Å²) in [5.74, 6) is 3.49. The van der Waals surface area contributed by atoms with E-state index in [1.54, 1.807) is 6.20 Å². The number of aromatic nitrogens is 2. The van der Waals surface area contributed by atoms with Crippen molar-refractivity contribution in [1.82, 2.24) is 9.55 Å². The maximum atomic E-state index is 5.36. The minimum Gasteiger partial charge on any atom is -0.340 e. The van der Waals surface area contributed by atoms with E-state index in [1.807, 2.05) is 24.6 Å². The Labute approximate surface area is 79.2 Å². The molecule has 0 aromatic carbocycles. The topological polar surface area (TPSA) is 29.9 Å². The number of nitrogens with zero attached hydrogens (tertiary/aromatic N) is 2. The van der Waals surface area contributed by atoms with Crippen LogP contribution in [0.25, 0.3) is 0 Å². The largest absolute Gasteiger partial charge is 0.340 e. The van der Waals surface area contributed by atoms with Gasteiger partial charge in [0.1, 0.15) is 0 Å². The lowest BCUT2D eigenvalue weighted by Crippen LogP contribution is -2.30. The maximum absolute atomic E-state index is 5.36. The van der Waals surface area contributed by atoms with Gasteiger partial charge in [0, 0.05) is 18.9 Å². The third-order valence-corrected chi connectivity index (χ3v) is 1.84. The molecule has 0 bridgehead atoms. The first kappa shape index (κ1) is 9.66. The number of imidazole rings is 1. The van der Waals surface area contributed by atoms with Crippen molar-refractivity contribution in [1.29, 1.82) is 0 Å². The number of hydrogen-bond donors (Lipinski definition) is 1. The zero-order valence-electron chi connectivity index (χ0n) is 8.33. The van der Waals surface area contributed by atoms with Crippen LogP contribution in [0.3, 0.4) is 0 Å². The van der Waals surface area contributed by atoms with Crippen molar-refractivity contribution in [3.63, 3.8) is 0 Å². The van der Waals surface area contributed by atoms with Crippen LogP contribution in [0.4, 0.5) is 5.95 Å². The van der Waals surface area contributed by atoms with E-state index in [1.165, 1.54) is 0 Å². The molecule has 0 spiro atoms. The van der Waals surface area contributed by atoms with Crippen molar-refractivity contribution in [2.75, 3.05) is 5.32 Å². The van der Waals surface area contributed by atoms with Gasteiger partial charge in [-0.25, -0.2) is 4.98 Å². The highest BCUT2D eigenvalue weighted by atomic mass is 15.2. The predicted molar refractivity (Wildman–Crippen MR) is 54.4 cm³/mol. The summed E-state index contributed by atoms with van der Waals surface area (Å²) in [4.78, 5) is 4.18. The molecule has 0 aliphatic rings. The summed E-state index contributed by atoms with van der Waals surface area (Å²) >= 11 is 0. The number of hydrogen-bond acceptors (Lipinski definition) is 2. The first-order valence-electron chi connectivity index (χ1n) is 4.36. The molecule has 1 aromatic heterocycles. The molecule has 0 unspecified atom stereocenters. The summed E-state index contributed by atoms with van der Waals surface area (Å²) in [7, 11) is 0. The van der Waals surface area contributed by atoms with E-state index in [2.05, 4.69) is 23.1 Å². The molecule has 1 aromatic rings. The van der Waals surface area contributed by atoms with Gasteiger partial charge in [0.25, 0.3) is 0 Å². The van der Waals surface area contributed by atoms with E-state index < -0.39 is 0 Å². The van der Waals surface area contributed by atoms with Crippen LogP contribution in [0, 0.1) is 12.3 Å². The van der Waals surface area contributed by atoms with Crippen LogP contribution in [-0.2, 0) is 6.54 Å². The van der Waals surface area contributed by atoms with E-state index in [0.29, 0.717) is 0 Å². The van der Waals surface area contributed by atoms with Gasteiger partial charge < -0.3 is 9.88 Å². The lowest BCUT2D eigenvalue weighted by Gasteiger charge is -2.20. The van der Waals surface area contributed by atoms with Gasteiger partial charge in [0.2, 0.25) is 5.95 Å². The molecule has 1 N–H and O–H groups in total. The van der Waals surface area contributed by atoms with Gasteiger partial charge in [-0.15, -0.1) is 6.42 Å². The second-order valence-corrected chi connectivity index (χ2v) is 3.43. The van der Waals surface area contributed by atoms with E-state index in [4.69, 9.17) is 6.42 Å². The van der Waals surface area contributed by atoms with Crippen LogP contribution in [0.2, 0.25) is 0 Å². The molecule has 0 atom stereocenters. The number of rotatable bonds is 3. The third kappa shape index (κ3) is 2.25. The lowest BCUT2D eigenvalue weighted by atomic mass is 10.1. The minimum absolute atomic E-state index is 0.349. The Morgan fingerprint density at radius 1 is 1.69 bits per heavy atom. The van der Waals surface area contributed by atoms with Gasteiger partial charge in [0.15, 0.2) is 0 Å². The van der Waals surface area contributed by atoms with Crippen LogP contribution in [-0.4, -0.2) is 15.1 Å². The van der Waals surface area contributed by atoms with Crippen molar-refractivity contribution < 1.29 is 0 Å². The average molecular weight is 177 g/mol. The molecule has 0 saturated heterocycles. The van der Waals surface area contributed by atoms with Crippen LogP contribution in [0.5, 0.6) is 0 Å². The van der Waals surface area contributed by atoms with Crippen LogP contribution in [0.1, 0.15) is 20.8 Å². The molecule has 0 fully saturated rings. The van der Waals surface area contributed by atoms with Gasteiger partial charge in [0.05, 0.1) is 5.54 Å². The first-order chi connectivity index (χ1) is 6.09. The Morgan fingerprint density at radius 3 is 2.92 bits per heavy atom. The third-order valence-electron chi connectivity index (χ3n) is 1.84. The Kier molecular flexibility index (Phi) is 2.62. The van der Waals surface area contributed by atoms with Gasteiger partial charge in [-0.1, -0.05) is 5.92 Å². The Balaban J connectivity index is 2.81. The molecule has 0 aliphatic heterocycles. The smallest absolute Gasteiger partial charge is 0.203 e. The lowest BCUT2D eigenvalue weighted by molar-refractivity contribution is 0.692. The minimum atomic E-state index is -0.349. The maximum Gasteiger partial charge on any atom is 0.203 e. The molecule has 0 aliphatic carbocycles. The van der Waals surface area contributed by atoms with Gasteiger partial charge in [-0.05, 0) is 20.8 Å². The number of aryl methyl sites for hydroxylation is 1. The molecule has 1 rings (SSSR count). The molecule has 0 saturated carbocycles. The Hall–Kier alpha value is -1.43. The van der Waals surface area contributed by atoms with Gasteiger partial charge in [-0.3, -0.25) is 0 Å². The highest BCUT2D eigenvalue weighted by Gasteiger charge is 2.15. The van der Waals surface area contributed by atoms with Crippen molar-refractivity contribution in [3.05, 3.63) is 12.4 Å². The molecular formula is C10H15N3. The number of anilines is 1. The van der Waals surface area contributed by atoms with E-state index in [-0.39, 0.29) is 5.54 Å². The summed E-state index contributed by atoms with van der Waals surface area (Å²) in [6.45, 7) is 6.85. The molecule has 3 heteroatoms. The zero-order valence-corrected chi connectivity index (χ0v) is 8.33. The Morgan fingerprint density at radius 2 is 2.38 bits per heavy atom. The highest BCUT2D eigenvalue weighted by Crippen LogP contribution is 2.11. The SMILES string of the molecule is C#CC(C)(C)Nc1nccn1CC. The second kappa shape index (κ2) is 3.53. The van der Waals surface area contributed by atoms with Gasteiger partial charge in [-0.2, -0.15) is 0 Å². The fourth-order valence-electron chi connectivity index (χ4n) is 1.00. The fourth-order valence-corrected chi connectivity index (χ4v) is 1.00. The van der Waals surface area contributed by atoms with Crippen molar-refractivity contribution in [3.8, 4) is 12.3 Å². The zero-order chi connectivity index (χ0) is 9.90. The monoisotopic (exact) mass is 177 g/mol. The van der Waals surface area contributed by atoms with E-state index >= 15 is 0 Å². The molecule has 0 amide bonds. The van der Waals surface area contributed by atoms with Crippen molar-refractivity contribution in [2.45, 2.75) is 32.9 Å². The summed E-state index contributed by atoms with van der Waals surface area (Å²) < 4.78 is 2.01. The van der Waals surface area contributed by atoms with E-state index in [0.717, 1.165) is 12.5 Å². The first-order valence-corrected chi connectivity index (χ1v) is 4.36. The summed E-state index contributed by atoms with van der Waals surface area (Å²) in [6, 6.07) is 0. The van der Waals surface area contributed by atoms with E-state index in [9.17, 15) is 0 Å². The molecule has 13 heavy (non-hydrogen) atoms. The number of nitrogens with one attached hydrogen (secondary N) is 1. The van der Waals surface area contributed by atoms with Crippen LogP contribution in [0.15, 0.2) is 12.4 Å². The second-order valence-electron chi connectivity index (χ2n) is 3.43. The summed E-state index contributed by atoms with van der Waals surface area (Å²) in [5.41, 5.74) is -0.349. The quantitative estimate of drug-likeness (QED) is 0.712. The van der Waals surface area contributed by atoms with Crippen molar-refractivity contribution >= 4 is 5.95 Å². The molecule has 1 heterocycles. The number of terminal acetylenes is 1. The standard InChI is InChI=1S/C10H15N3/c1-5-10(3,4)12-9-11-7-8-13(9)6-2/h1,7-8H,6H2,2-4H3,(H,11,12). The molecule has 3 nitrogen and oxygen atoms in total. The van der Waals surface area contributed by atoms with Gasteiger partial charge >= 0.3 is 0 Å². The molecular weight excluding hydrogens is 162 g/mol. The van der Waals surface area contributed by atoms with Crippen molar-refractivity contribution in [2.24, 2.45) is 0 Å². The summed E-state index contributed by atoms with van der Waals surface area (Å²) in [5, 5.41) is 3.18. The van der Waals surface area contributed by atoms with Crippen LogP contribution < -0.4 is 5.32 Å². The molecule has 0 radical (unpaired) electrons. The predicted octanol–water partition coefficient (Wildman–Crippen LogP) is 1.73. The Bertz CT molecular complexity index is 317. The highest BCUT2D eigenvalue weighted by molar-refractivity contribution is 5.34. The summed E-state index contributed by atoms with van der Waals surface area (Å²) in [6.07, 6.45) is 9.05. The molecule has 70 valence electrons. The fraction of sp³-hybridized carbons (Fsp3) is 0.500. The normalized spacial score (nSPS) is 10.9. The average Bonchev–Trinajstić information content (AvgIpc) is 2.51. The van der Waals surface area contributed by atoms with Crippen LogP contribution >= 0.6 is 0 Å².